The van der Waals surface area contributed by atoms with Crippen molar-refractivity contribution in [1.29, 1.82) is 0 Å². The van der Waals surface area contributed by atoms with Crippen molar-refractivity contribution in [2.75, 3.05) is 33.2 Å². The largest absolute Gasteiger partial charge is 0.317 e. The topological polar surface area (TPSA) is 86.8 Å². The summed E-state index contributed by atoms with van der Waals surface area (Å²) in [6.45, 7) is 1.69. The van der Waals surface area contributed by atoms with E-state index in [1.54, 1.807) is 12.1 Å². The maximum atomic E-state index is 13.1. The molecule has 1 N–H and O–H groups in total. The smallest absolute Gasteiger partial charge is 0.244 e. The van der Waals surface area contributed by atoms with Gasteiger partial charge >= 0.3 is 0 Å². The number of sulfonamides is 2. The lowest BCUT2D eigenvalue weighted by atomic mass is 10.1. The predicted octanol–water partition coefficient (Wildman–Crippen LogP) is 0.844. The predicted molar refractivity (Wildman–Crippen MR) is 95.3 cm³/mol. The van der Waals surface area contributed by atoms with Gasteiger partial charge in [0.15, 0.2) is 0 Å². The molecule has 0 atom stereocenters. The lowest BCUT2D eigenvalue weighted by molar-refractivity contribution is 0.298. The Morgan fingerprint density at radius 1 is 0.840 bits per heavy atom. The average molecular weight is 388 g/mol. The van der Waals surface area contributed by atoms with Gasteiger partial charge in [0.1, 0.15) is 9.79 Å². The van der Waals surface area contributed by atoms with Gasteiger partial charge < -0.3 is 5.32 Å². The van der Waals surface area contributed by atoms with Gasteiger partial charge in [0.05, 0.1) is 0 Å². The SMILES string of the molecule is CNC1CCN(S(=O)(=O)c2ccccc2S(=O)(=O)N2CCCC2)CC1. The van der Waals surface area contributed by atoms with Gasteiger partial charge in [-0.1, -0.05) is 12.1 Å². The van der Waals surface area contributed by atoms with E-state index >= 15 is 0 Å². The van der Waals surface area contributed by atoms with Gasteiger partial charge in [-0.25, -0.2) is 16.8 Å². The van der Waals surface area contributed by atoms with Crippen LogP contribution in [0, 0.1) is 0 Å². The van der Waals surface area contributed by atoms with Gasteiger partial charge in [0, 0.05) is 32.2 Å². The molecular formula is C16H25N3O4S2. The fourth-order valence-corrected chi connectivity index (χ4v) is 7.23. The van der Waals surface area contributed by atoms with Crippen LogP contribution in [0.5, 0.6) is 0 Å². The minimum absolute atomic E-state index is 0.104. The van der Waals surface area contributed by atoms with E-state index < -0.39 is 20.0 Å². The third-order valence-electron chi connectivity index (χ3n) is 5.01. The van der Waals surface area contributed by atoms with Gasteiger partial charge in [-0.2, -0.15) is 8.61 Å². The van der Waals surface area contributed by atoms with Crippen molar-refractivity contribution in [3.05, 3.63) is 24.3 Å². The normalized spacial score (nSPS) is 21.6. The fraction of sp³-hybridized carbons (Fsp3) is 0.625. The summed E-state index contributed by atoms with van der Waals surface area (Å²) < 4.78 is 54.8. The molecule has 2 aliphatic rings. The van der Waals surface area contributed by atoms with E-state index in [0.29, 0.717) is 32.2 Å². The summed E-state index contributed by atoms with van der Waals surface area (Å²) in [5, 5.41) is 3.16. The Balaban J connectivity index is 1.95. The first kappa shape index (κ1) is 18.8. The quantitative estimate of drug-likeness (QED) is 0.809. The van der Waals surface area contributed by atoms with Crippen molar-refractivity contribution in [2.45, 2.75) is 41.5 Å². The second-order valence-electron chi connectivity index (χ2n) is 6.52. The van der Waals surface area contributed by atoms with E-state index in [9.17, 15) is 16.8 Å². The van der Waals surface area contributed by atoms with Crippen LogP contribution in [-0.2, 0) is 20.0 Å². The fourth-order valence-electron chi connectivity index (χ4n) is 3.47. The summed E-state index contributed by atoms with van der Waals surface area (Å²) in [5.41, 5.74) is 0. The summed E-state index contributed by atoms with van der Waals surface area (Å²) in [6, 6.07) is 6.27. The Bertz CT molecular complexity index is 810. The van der Waals surface area contributed by atoms with Gasteiger partial charge in [-0.3, -0.25) is 0 Å². The number of hydrogen-bond donors (Lipinski definition) is 1. The highest BCUT2D eigenvalue weighted by atomic mass is 32.2. The van der Waals surface area contributed by atoms with E-state index in [1.807, 2.05) is 7.05 Å². The zero-order chi connectivity index (χ0) is 18.1. The van der Waals surface area contributed by atoms with Crippen molar-refractivity contribution in [3.8, 4) is 0 Å². The summed E-state index contributed by atoms with van der Waals surface area (Å²) in [5.74, 6) is 0. The van der Waals surface area contributed by atoms with Crippen LogP contribution in [0.15, 0.2) is 34.1 Å². The van der Waals surface area contributed by atoms with Gasteiger partial charge in [-0.15, -0.1) is 0 Å². The molecule has 0 radical (unpaired) electrons. The highest BCUT2D eigenvalue weighted by Gasteiger charge is 2.36. The second-order valence-corrected chi connectivity index (χ2v) is 10.3. The average Bonchev–Trinajstić information content (AvgIpc) is 3.17. The highest BCUT2D eigenvalue weighted by Crippen LogP contribution is 2.29. The van der Waals surface area contributed by atoms with Crippen LogP contribution in [0.3, 0.4) is 0 Å². The number of piperidine rings is 1. The number of rotatable bonds is 5. The Hall–Kier alpha value is -1.00. The number of nitrogens with zero attached hydrogens (tertiary/aromatic N) is 2. The first-order valence-corrected chi connectivity index (χ1v) is 11.5. The molecule has 1 aromatic carbocycles. The molecule has 0 spiro atoms. The molecule has 2 saturated heterocycles. The molecule has 2 aliphatic heterocycles. The monoisotopic (exact) mass is 387 g/mol. The van der Waals surface area contributed by atoms with Crippen LogP contribution < -0.4 is 5.32 Å². The molecule has 0 bridgehead atoms. The molecule has 25 heavy (non-hydrogen) atoms. The minimum atomic E-state index is -3.84. The summed E-state index contributed by atoms with van der Waals surface area (Å²) in [7, 11) is -5.76. The van der Waals surface area contributed by atoms with Crippen LogP contribution in [-0.4, -0.2) is 64.7 Å². The molecule has 0 amide bonds. The highest BCUT2D eigenvalue weighted by molar-refractivity contribution is 7.92. The Morgan fingerprint density at radius 3 is 1.72 bits per heavy atom. The van der Waals surface area contributed by atoms with Crippen LogP contribution in [0.1, 0.15) is 25.7 Å². The molecule has 0 aliphatic carbocycles. The lowest BCUT2D eigenvalue weighted by Crippen LogP contribution is -2.44. The maximum Gasteiger partial charge on any atom is 0.244 e. The Kier molecular flexibility index (Phi) is 5.50. The Labute approximate surface area is 150 Å². The van der Waals surface area contributed by atoms with Crippen LogP contribution in [0.25, 0.3) is 0 Å². The molecule has 2 fully saturated rings. The van der Waals surface area contributed by atoms with Crippen LogP contribution >= 0.6 is 0 Å². The van der Waals surface area contributed by atoms with Crippen molar-refractivity contribution in [1.82, 2.24) is 13.9 Å². The number of benzene rings is 1. The third-order valence-corrected chi connectivity index (χ3v) is 9.05. The van der Waals surface area contributed by atoms with Gasteiger partial charge in [0.25, 0.3) is 0 Å². The Morgan fingerprint density at radius 2 is 1.28 bits per heavy atom. The standard InChI is InChI=1S/C16H25N3O4S2/c1-17-14-8-12-19(13-9-14)25(22,23)16-7-3-2-6-15(16)24(20,21)18-10-4-5-11-18/h2-3,6-7,14,17H,4-5,8-13H2,1H3. The molecular weight excluding hydrogens is 362 g/mol. The zero-order valence-corrected chi connectivity index (χ0v) is 16.0. The second kappa shape index (κ2) is 7.32. The summed E-state index contributed by atoms with van der Waals surface area (Å²) in [6.07, 6.45) is 3.06. The van der Waals surface area contributed by atoms with Crippen molar-refractivity contribution < 1.29 is 16.8 Å². The van der Waals surface area contributed by atoms with Crippen LogP contribution in [0.2, 0.25) is 0 Å². The van der Waals surface area contributed by atoms with Crippen molar-refractivity contribution in [3.63, 3.8) is 0 Å². The van der Waals surface area contributed by atoms with Crippen LogP contribution in [0.4, 0.5) is 0 Å². The van der Waals surface area contributed by atoms with Gasteiger partial charge in [0.2, 0.25) is 20.0 Å². The van der Waals surface area contributed by atoms with E-state index in [2.05, 4.69) is 5.32 Å². The first-order valence-electron chi connectivity index (χ1n) is 8.64. The maximum absolute atomic E-state index is 13.1. The third kappa shape index (κ3) is 3.61. The molecule has 7 nitrogen and oxygen atoms in total. The molecule has 140 valence electrons. The summed E-state index contributed by atoms with van der Waals surface area (Å²) >= 11 is 0. The molecule has 0 unspecified atom stereocenters. The van der Waals surface area contributed by atoms with Crippen molar-refractivity contribution >= 4 is 20.0 Å². The lowest BCUT2D eigenvalue weighted by Gasteiger charge is -2.31. The minimum Gasteiger partial charge on any atom is -0.317 e. The van der Waals surface area contributed by atoms with Crippen molar-refractivity contribution in [2.24, 2.45) is 0 Å². The zero-order valence-electron chi connectivity index (χ0n) is 14.4. The first-order chi connectivity index (χ1) is 11.9. The molecule has 9 heteroatoms. The number of hydrogen-bond acceptors (Lipinski definition) is 5. The molecule has 1 aromatic rings. The van der Waals surface area contributed by atoms with E-state index in [0.717, 1.165) is 25.7 Å². The molecule has 2 heterocycles. The van der Waals surface area contributed by atoms with E-state index in [1.165, 1.54) is 20.7 Å². The van der Waals surface area contributed by atoms with E-state index in [4.69, 9.17) is 0 Å². The summed E-state index contributed by atoms with van der Waals surface area (Å²) in [4.78, 5) is -0.211. The number of nitrogens with one attached hydrogen (secondary N) is 1. The molecule has 0 aromatic heterocycles. The molecule has 3 rings (SSSR count). The van der Waals surface area contributed by atoms with Gasteiger partial charge in [-0.05, 0) is 44.9 Å². The molecule has 0 saturated carbocycles. The van der Waals surface area contributed by atoms with E-state index in [-0.39, 0.29) is 9.79 Å².